The maximum atomic E-state index is 10.8. The maximum Gasteiger partial charge on any atom is 0.185 e. The van der Waals surface area contributed by atoms with E-state index >= 15 is 0 Å². The zero-order chi connectivity index (χ0) is 11.0. The first-order valence-electron chi connectivity index (χ1n) is 4.67. The highest BCUT2D eigenvalue weighted by atomic mass is 32.2. The van der Waals surface area contributed by atoms with Crippen molar-refractivity contribution in [3.05, 3.63) is 0 Å². The molecule has 14 heavy (non-hydrogen) atoms. The van der Waals surface area contributed by atoms with Gasteiger partial charge in [0.05, 0.1) is 0 Å². The van der Waals surface area contributed by atoms with Crippen molar-refractivity contribution in [2.75, 3.05) is 18.6 Å². The highest BCUT2D eigenvalue weighted by Crippen LogP contribution is 2.00. The minimum absolute atomic E-state index is 0.0128. The van der Waals surface area contributed by atoms with Crippen LogP contribution >= 0.6 is 0 Å². The monoisotopic (exact) mass is 221 g/mol. The summed E-state index contributed by atoms with van der Waals surface area (Å²) in [6, 6.07) is 0. The van der Waals surface area contributed by atoms with E-state index in [4.69, 9.17) is 11.1 Å². The van der Waals surface area contributed by atoms with Crippen molar-refractivity contribution < 1.29 is 8.42 Å². The summed E-state index contributed by atoms with van der Waals surface area (Å²) in [6.07, 6.45) is 4.77. The number of guanidine groups is 1. The van der Waals surface area contributed by atoms with Crippen LogP contribution < -0.4 is 11.1 Å². The molecule has 0 saturated heterocycles. The van der Waals surface area contributed by atoms with Gasteiger partial charge in [0.15, 0.2) is 5.96 Å². The number of nitrogens with two attached hydrogens (primary N) is 1. The Hall–Kier alpha value is -0.780. The molecule has 0 spiro atoms. The Kier molecular flexibility index (Phi) is 6.27. The summed E-state index contributed by atoms with van der Waals surface area (Å²) in [5.74, 6) is 0.258. The summed E-state index contributed by atoms with van der Waals surface area (Å²) in [4.78, 5) is 0. The number of sulfone groups is 1. The number of hydrogen-bond acceptors (Lipinski definition) is 3. The fourth-order valence-corrected chi connectivity index (χ4v) is 1.79. The van der Waals surface area contributed by atoms with Crippen LogP contribution in [-0.4, -0.2) is 32.9 Å². The lowest BCUT2D eigenvalue weighted by molar-refractivity contribution is 0.592. The van der Waals surface area contributed by atoms with Crippen LogP contribution in [0.5, 0.6) is 0 Å². The van der Waals surface area contributed by atoms with E-state index < -0.39 is 9.84 Å². The van der Waals surface area contributed by atoms with Gasteiger partial charge in [0.25, 0.3) is 0 Å². The van der Waals surface area contributed by atoms with Crippen molar-refractivity contribution in [1.29, 1.82) is 5.41 Å². The van der Waals surface area contributed by atoms with Crippen LogP contribution in [0.25, 0.3) is 0 Å². The molecular weight excluding hydrogens is 202 g/mol. The fraction of sp³-hybridized carbons (Fsp3) is 0.875. The Morgan fingerprint density at radius 3 is 2.36 bits per heavy atom. The molecule has 0 aromatic carbocycles. The van der Waals surface area contributed by atoms with Crippen LogP contribution in [0.1, 0.15) is 25.7 Å². The highest BCUT2D eigenvalue weighted by Gasteiger charge is 2.00. The third-order valence-corrected chi connectivity index (χ3v) is 2.79. The average molecular weight is 221 g/mol. The molecule has 0 rings (SSSR count). The van der Waals surface area contributed by atoms with Crippen LogP contribution in [-0.2, 0) is 9.84 Å². The highest BCUT2D eigenvalue weighted by molar-refractivity contribution is 7.90. The second kappa shape index (κ2) is 6.64. The van der Waals surface area contributed by atoms with Crippen LogP contribution in [0.15, 0.2) is 0 Å². The lowest BCUT2D eigenvalue weighted by Gasteiger charge is -2.02. The standard InChI is InChI=1S/C8H19N3O2S/c1-14(12,13)7-5-3-2-4-6-11-8(9)10/h2-7H2,1H3,(H4,9,10,11). The molecule has 0 aliphatic carbocycles. The molecule has 0 saturated carbocycles. The van der Waals surface area contributed by atoms with Gasteiger partial charge in [-0.15, -0.1) is 0 Å². The van der Waals surface area contributed by atoms with Gasteiger partial charge >= 0.3 is 0 Å². The average Bonchev–Trinajstić information content (AvgIpc) is 2.00. The van der Waals surface area contributed by atoms with E-state index in [1.807, 2.05) is 0 Å². The molecule has 0 unspecified atom stereocenters. The molecule has 6 heteroatoms. The third-order valence-electron chi connectivity index (χ3n) is 1.76. The van der Waals surface area contributed by atoms with E-state index in [0.29, 0.717) is 6.54 Å². The molecule has 0 bridgehead atoms. The predicted octanol–water partition coefficient (Wildman–Crippen LogP) is 0.0745. The Morgan fingerprint density at radius 1 is 1.29 bits per heavy atom. The SMILES string of the molecule is CS(=O)(=O)CCCCCCNC(=N)N. The van der Waals surface area contributed by atoms with Gasteiger partial charge in [-0.1, -0.05) is 12.8 Å². The molecule has 0 radical (unpaired) electrons. The normalized spacial score (nSPS) is 11.2. The van der Waals surface area contributed by atoms with Crippen molar-refractivity contribution in [3.63, 3.8) is 0 Å². The molecule has 0 aliphatic heterocycles. The van der Waals surface area contributed by atoms with Crippen molar-refractivity contribution in [2.45, 2.75) is 25.7 Å². The maximum absolute atomic E-state index is 10.8. The summed E-state index contributed by atoms with van der Waals surface area (Å²) in [5, 5.41) is 9.58. The zero-order valence-electron chi connectivity index (χ0n) is 8.54. The predicted molar refractivity (Wildman–Crippen MR) is 58.1 cm³/mol. The van der Waals surface area contributed by atoms with E-state index in [9.17, 15) is 8.42 Å². The summed E-state index contributed by atoms with van der Waals surface area (Å²) >= 11 is 0. The molecule has 0 atom stereocenters. The molecule has 0 amide bonds. The molecule has 0 heterocycles. The van der Waals surface area contributed by atoms with E-state index in [2.05, 4.69) is 5.32 Å². The Balaban J connectivity index is 3.19. The van der Waals surface area contributed by atoms with Crippen molar-refractivity contribution in [3.8, 4) is 0 Å². The smallest absolute Gasteiger partial charge is 0.185 e. The molecule has 0 fully saturated rings. The molecule has 4 N–H and O–H groups in total. The summed E-state index contributed by atoms with van der Waals surface area (Å²) in [6.45, 7) is 0.689. The second-order valence-electron chi connectivity index (χ2n) is 3.38. The number of rotatable bonds is 7. The first-order chi connectivity index (χ1) is 6.42. The summed E-state index contributed by atoms with van der Waals surface area (Å²) in [7, 11) is -2.80. The lowest BCUT2D eigenvalue weighted by atomic mass is 10.2. The summed E-state index contributed by atoms with van der Waals surface area (Å²) in [5.41, 5.74) is 5.08. The van der Waals surface area contributed by atoms with E-state index in [-0.39, 0.29) is 11.7 Å². The quantitative estimate of drug-likeness (QED) is 0.322. The molecule has 0 aromatic heterocycles. The number of hydrogen-bond donors (Lipinski definition) is 3. The van der Waals surface area contributed by atoms with Gasteiger partial charge in [-0.25, -0.2) is 8.42 Å². The zero-order valence-corrected chi connectivity index (χ0v) is 9.36. The minimum atomic E-state index is -2.80. The summed E-state index contributed by atoms with van der Waals surface area (Å²) < 4.78 is 21.5. The molecule has 0 aliphatic rings. The Bertz CT molecular complexity index is 262. The van der Waals surface area contributed by atoms with Crippen molar-refractivity contribution >= 4 is 15.8 Å². The van der Waals surface area contributed by atoms with Gasteiger partial charge in [0.1, 0.15) is 9.84 Å². The van der Waals surface area contributed by atoms with E-state index in [0.717, 1.165) is 25.7 Å². The van der Waals surface area contributed by atoms with Crippen LogP contribution in [0.2, 0.25) is 0 Å². The largest absolute Gasteiger partial charge is 0.370 e. The van der Waals surface area contributed by atoms with Gasteiger partial charge in [-0.3, -0.25) is 5.41 Å². The van der Waals surface area contributed by atoms with Gasteiger partial charge < -0.3 is 11.1 Å². The van der Waals surface area contributed by atoms with Crippen LogP contribution in [0.4, 0.5) is 0 Å². The first-order valence-corrected chi connectivity index (χ1v) is 6.73. The van der Waals surface area contributed by atoms with Crippen molar-refractivity contribution in [2.24, 2.45) is 5.73 Å². The van der Waals surface area contributed by atoms with E-state index in [1.165, 1.54) is 6.26 Å². The molecule has 5 nitrogen and oxygen atoms in total. The van der Waals surface area contributed by atoms with Gasteiger partial charge in [-0.2, -0.15) is 0 Å². The fourth-order valence-electron chi connectivity index (χ4n) is 1.07. The van der Waals surface area contributed by atoms with Gasteiger partial charge in [-0.05, 0) is 12.8 Å². The van der Waals surface area contributed by atoms with Crippen LogP contribution in [0, 0.1) is 5.41 Å². The minimum Gasteiger partial charge on any atom is -0.370 e. The van der Waals surface area contributed by atoms with E-state index in [1.54, 1.807) is 0 Å². The molecule has 84 valence electrons. The number of unbranched alkanes of at least 4 members (excludes halogenated alkanes) is 3. The number of nitrogens with one attached hydrogen (secondary N) is 2. The van der Waals surface area contributed by atoms with Gasteiger partial charge in [0, 0.05) is 18.6 Å². The van der Waals surface area contributed by atoms with Crippen molar-refractivity contribution in [1.82, 2.24) is 5.32 Å². The lowest BCUT2D eigenvalue weighted by Crippen LogP contribution is -2.30. The molecule has 0 aromatic rings. The first kappa shape index (κ1) is 13.2. The Morgan fingerprint density at radius 2 is 1.86 bits per heavy atom. The topological polar surface area (TPSA) is 96.0 Å². The van der Waals surface area contributed by atoms with Crippen LogP contribution in [0.3, 0.4) is 0 Å². The third kappa shape index (κ3) is 11.2. The second-order valence-corrected chi connectivity index (χ2v) is 5.64. The Labute approximate surface area is 85.5 Å². The molecular formula is C8H19N3O2S. The van der Waals surface area contributed by atoms with Gasteiger partial charge in [0.2, 0.25) is 0 Å².